The van der Waals surface area contributed by atoms with E-state index in [2.05, 4.69) is 54.8 Å². The van der Waals surface area contributed by atoms with Gasteiger partial charge in [0.1, 0.15) is 11.5 Å². The maximum absolute atomic E-state index is 13.1. The van der Waals surface area contributed by atoms with E-state index < -0.39 is 0 Å². The minimum atomic E-state index is -0.207. The average molecular weight is 416 g/mol. The highest BCUT2D eigenvalue weighted by Gasteiger charge is 2.24. The van der Waals surface area contributed by atoms with E-state index in [9.17, 15) is 9.18 Å². The van der Waals surface area contributed by atoms with E-state index in [1.807, 2.05) is 22.9 Å². The number of piperazine rings is 1. The van der Waals surface area contributed by atoms with Crippen molar-refractivity contribution in [2.45, 2.75) is 46.1 Å². The molecule has 1 N–H and O–H groups in total. The lowest BCUT2D eigenvalue weighted by Crippen LogP contribution is -2.48. The Kier molecular flexibility index (Phi) is 6.81. The number of nitrogens with zero attached hydrogens (tertiary/aromatic N) is 4. The highest BCUT2D eigenvalue weighted by atomic mass is 19.1. The van der Waals surface area contributed by atoms with Gasteiger partial charge in [-0.25, -0.2) is 4.39 Å². The summed E-state index contributed by atoms with van der Waals surface area (Å²) in [4.78, 5) is 17.2. The number of amides is 1. The van der Waals surface area contributed by atoms with Crippen molar-refractivity contribution in [1.82, 2.24) is 20.0 Å². The third-order valence-corrected chi connectivity index (χ3v) is 5.47. The summed E-state index contributed by atoms with van der Waals surface area (Å²) in [6.07, 6.45) is 0. The number of halogens is 1. The Labute approximate surface area is 179 Å². The van der Waals surface area contributed by atoms with Crippen molar-refractivity contribution in [2.24, 2.45) is 0 Å². The molecular formula is C23H34FN5O. The van der Waals surface area contributed by atoms with Gasteiger partial charge in [-0.15, -0.1) is 0 Å². The second-order valence-electron chi connectivity index (χ2n) is 9.25. The van der Waals surface area contributed by atoms with Gasteiger partial charge in [0.2, 0.25) is 0 Å². The third kappa shape index (κ3) is 5.39. The molecule has 1 aromatic heterocycles. The first-order valence-electron chi connectivity index (χ1n) is 10.8. The zero-order chi connectivity index (χ0) is 21.9. The van der Waals surface area contributed by atoms with Crippen molar-refractivity contribution in [3.63, 3.8) is 0 Å². The monoisotopic (exact) mass is 415 g/mol. The molecular weight excluding hydrogens is 381 g/mol. The van der Waals surface area contributed by atoms with Crippen LogP contribution in [0.5, 0.6) is 0 Å². The Balaban J connectivity index is 1.48. The van der Waals surface area contributed by atoms with Crippen LogP contribution in [0, 0.1) is 5.82 Å². The van der Waals surface area contributed by atoms with Crippen LogP contribution in [0.2, 0.25) is 0 Å². The number of benzene rings is 1. The molecule has 30 heavy (non-hydrogen) atoms. The molecule has 0 saturated carbocycles. The van der Waals surface area contributed by atoms with Crippen LogP contribution < -0.4 is 10.2 Å². The number of hydrogen-bond donors (Lipinski definition) is 1. The highest BCUT2D eigenvalue weighted by Crippen LogP contribution is 2.23. The lowest BCUT2D eigenvalue weighted by molar-refractivity contribution is 0.0941. The van der Waals surface area contributed by atoms with Crippen LogP contribution in [-0.2, 0) is 5.54 Å². The molecule has 1 fully saturated rings. The summed E-state index contributed by atoms with van der Waals surface area (Å²) in [7, 11) is 0. The Morgan fingerprint density at radius 3 is 2.30 bits per heavy atom. The number of aromatic nitrogens is 2. The van der Waals surface area contributed by atoms with E-state index in [1.165, 1.54) is 12.1 Å². The molecule has 0 radical (unpaired) electrons. The first-order chi connectivity index (χ1) is 14.1. The maximum Gasteiger partial charge on any atom is 0.271 e. The molecule has 6 nitrogen and oxygen atoms in total. The van der Waals surface area contributed by atoms with Gasteiger partial charge in [-0.05, 0) is 57.0 Å². The average Bonchev–Trinajstić information content (AvgIpc) is 3.16. The second-order valence-corrected chi connectivity index (χ2v) is 9.25. The Morgan fingerprint density at radius 1 is 1.13 bits per heavy atom. The number of carbonyl (C=O) groups excluding carboxylic acids is 1. The Morgan fingerprint density at radius 2 is 1.77 bits per heavy atom. The first kappa shape index (κ1) is 22.3. The molecule has 1 aliphatic rings. The molecule has 1 amide bonds. The first-order valence-corrected chi connectivity index (χ1v) is 10.8. The van der Waals surface area contributed by atoms with E-state index in [-0.39, 0.29) is 17.3 Å². The largest absolute Gasteiger partial charge is 0.369 e. The quantitative estimate of drug-likeness (QED) is 0.785. The zero-order valence-electron chi connectivity index (χ0n) is 18.8. The van der Waals surface area contributed by atoms with Gasteiger partial charge in [0.25, 0.3) is 5.91 Å². The topological polar surface area (TPSA) is 53.4 Å². The van der Waals surface area contributed by atoms with Gasteiger partial charge in [0.05, 0.1) is 5.54 Å². The van der Waals surface area contributed by atoms with Gasteiger partial charge in [0.15, 0.2) is 0 Å². The summed E-state index contributed by atoms with van der Waals surface area (Å²) in [6, 6.07) is 8.57. The number of nitrogens with one attached hydrogen (secondary N) is 1. The van der Waals surface area contributed by atoms with Crippen LogP contribution in [-0.4, -0.2) is 59.9 Å². The summed E-state index contributed by atoms with van der Waals surface area (Å²) >= 11 is 0. The Hall–Kier alpha value is -2.41. The maximum atomic E-state index is 13.1. The summed E-state index contributed by atoms with van der Waals surface area (Å²) in [6.45, 7) is 15.6. The van der Waals surface area contributed by atoms with Crippen LogP contribution in [0.4, 0.5) is 10.1 Å². The van der Waals surface area contributed by atoms with Gasteiger partial charge in [-0.2, -0.15) is 5.10 Å². The van der Waals surface area contributed by atoms with E-state index in [0.717, 1.165) is 44.1 Å². The molecule has 0 bridgehead atoms. The van der Waals surface area contributed by atoms with E-state index in [1.54, 1.807) is 0 Å². The molecule has 2 heterocycles. The fourth-order valence-corrected chi connectivity index (χ4v) is 3.75. The lowest BCUT2D eigenvalue weighted by atomic mass is 10.1. The highest BCUT2D eigenvalue weighted by molar-refractivity contribution is 5.92. The zero-order valence-corrected chi connectivity index (χ0v) is 18.8. The fraction of sp³-hybridized carbons (Fsp3) is 0.565. The fourth-order valence-electron chi connectivity index (χ4n) is 3.75. The van der Waals surface area contributed by atoms with Crippen LogP contribution in [0.1, 0.15) is 56.7 Å². The molecule has 0 atom stereocenters. The molecule has 0 aliphatic carbocycles. The van der Waals surface area contributed by atoms with Crippen molar-refractivity contribution in [3.05, 3.63) is 47.5 Å². The summed E-state index contributed by atoms with van der Waals surface area (Å²) in [5.41, 5.74) is 2.45. The van der Waals surface area contributed by atoms with Crippen molar-refractivity contribution >= 4 is 11.6 Å². The van der Waals surface area contributed by atoms with Gasteiger partial charge in [-0.1, -0.05) is 13.8 Å². The van der Waals surface area contributed by atoms with Gasteiger partial charge >= 0.3 is 0 Å². The summed E-state index contributed by atoms with van der Waals surface area (Å²) < 4.78 is 15.1. The van der Waals surface area contributed by atoms with E-state index in [0.29, 0.717) is 18.2 Å². The van der Waals surface area contributed by atoms with E-state index in [4.69, 9.17) is 0 Å². The molecule has 0 unspecified atom stereocenters. The minimum absolute atomic E-state index is 0.121. The molecule has 7 heteroatoms. The second kappa shape index (κ2) is 9.16. The molecule has 1 aromatic carbocycles. The van der Waals surface area contributed by atoms with E-state index >= 15 is 0 Å². The molecule has 164 valence electrons. The summed E-state index contributed by atoms with van der Waals surface area (Å²) in [5.74, 6) is -0.0264. The predicted molar refractivity (Wildman–Crippen MR) is 119 cm³/mol. The van der Waals surface area contributed by atoms with Crippen molar-refractivity contribution in [3.8, 4) is 0 Å². The van der Waals surface area contributed by atoms with Crippen LogP contribution in [0.25, 0.3) is 0 Å². The molecule has 2 aromatic rings. The van der Waals surface area contributed by atoms with Crippen LogP contribution in [0.3, 0.4) is 0 Å². The molecule has 1 saturated heterocycles. The Bertz CT molecular complexity index is 845. The number of rotatable bonds is 6. The lowest BCUT2D eigenvalue weighted by Gasteiger charge is -2.36. The van der Waals surface area contributed by atoms with Crippen molar-refractivity contribution in [1.29, 1.82) is 0 Å². The summed E-state index contributed by atoms with van der Waals surface area (Å²) in [5, 5.41) is 7.59. The molecule has 1 aliphatic heterocycles. The number of hydrogen-bond acceptors (Lipinski definition) is 4. The van der Waals surface area contributed by atoms with Crippen molar-refractivity contribution < 1.29 is 9.18 Å². The molecule has 3 rings (SSSR count). The van der Waals surface area contributed by atoms with Crippen LogP contribution >= 0.6 is 0 Å². The smallest absolute Gasteiger partial charge is 0.271 e. The SMILES string of the molecule is CC(C)c1cc(C(=O)NCCN2CCN(c3ccc(F)cc3)CC2)nn1C(C)(C)C. The van der Waals surface area contributed by atoms with Gasteiger partial charge in [0, 0.05) is 50.6 Å². The van der Waals surface area contributed by atoms with Crippen LogP contribution in [0.15, 0.2) is 30.3 Å². The predicted octanol–water partition coefficient (Wildman–Crippen LogP) is 3.45. The van der Waals surface area contributed by atoms with Gasteiger partial charge < -0.3 is 10.2 Å². The third-order valence-electron chi connectivity index (χ3n) is 5.47. The number of carbonyl (C=O) groups is 1. The standard InChI is InChI=1S/C23H34FN5O/c1-17(2)21-16-20(26-29(21)23(3,4)5)22(30)25-10-11-27-12-14-28(15-13-27)19-8-6-18(24)7-9-19/h6-9,16-17H,10-15H2,1-5H3,(H,25,30). The van der Waals surface area contributed by atoms with Crippen molar-refractivity contribution in [2.75, 3.05) is 44.2 Å². The molecule has 0 spiro atoms. The normalized spacial score (nSPS) is 15.6. The minimum Gasteiger partial charge on any atom is -0.369 e. The van der Waals surface area contributed by atoms with Gasteiger partial charge in [-0.3, -0.25) is 14.4 Å². The number of anilines is 1.